The Morgan fingerprint density at radius 2 is 1.56 bits per heavy atom. The molecule has 0 fully saturated rings. The highest BCUT2D eigenvalue weighted by Crippen LogP contribution is 2.28. The van der Waals surface area contributed by atoms with Gasteiger partial charge in [-0.25, -0.2) is 8.42 Å². The van der Waals surface area contributed by atoms with Crippen LogP contribution in [0.15, 0.2) is 42.5 Å². The largest absolute Gasteiger partial charge is 0.341 e. The number of amides is 1. The van der Waals surface area contributed by atoms with Gasteiger partial charge in [-0.15, -0.1) is 0 Å². The third-order valence-electron chi connectivity index (χ3n) is 4.50. The first-order chi connectivity index (χ1) is 12.6. The Bertz CT molecular complexity index is 885. The number of rotatable bonds is 7. The summed E-state index contributed by atoms with van der Waals surface area (Å²) in [5, 5.41) is 0. The van der Waals surface area contributed by atoms with Gasteiger partial charge in [-0.3, -0.25) is 9.10 Å². The second-order valence-corrected chi connectivity index (χ2v) is 8.97. The molecule has 0 N–H and O–H groups in total. The molecule has 27 heavy (non-hydrogen) atoms. The molecule has 0 aliphatic carbocycles. The van der Waals surface area contributed by atoms with E-state index < -0.39 is 10.0 Å². The molecule has 0 bridgehead atoms. The number of hydrogen-bond acceptors (Lipinski definition) is 3. The summed E-state index contributed by atoms with van der Waals surface area (Å²) in [4.78, 5) is 14.2. The molecule has 2 aromatic carbocycles. The average Bonchev–Trinajstić information content (AvgIpc) is 2.56. The summed E-state index contributed by atoms with van der Waals surface area (Å²) in [7, 11) is -1.75. The number of carbonyl (C=O) groups excluding carboxylic acids is 1. The van der Waals surface area contributed by atoms with Crippen molar-refractivity contribution in [2.45, 2.75) is 33.7 Å². The molecule has 6 heteroatoms. The fraction of sp³-hybridized carbons (Fsp3) is 0.381. The molecule has 0 aromatic heterocycles. The molecule has 0 spiro atoms. The zero-order chi connectivity index (χ0) is 20.2. The molecular formula is C21H28N2O3S. The van der Waals surface area contributed by atoms with E-state index in [1.807, 2.05) is 63.2 Å². The van der Waals surface area contributed by atoms with Crippen molar-refractivity contribution >= 4 is 21.6 Å². The normalized spacial score (nSPS) is 11.3. The van der Waals surface area contributed by atoms with Gasteiger partial charge in [-0.2, -0.15) is 0 Å². The lowest BCUT2D eigenvalue weighted by Gasteiger charge is -2.27. The van der Waals surface area contributed by atoms with Crippen LogP contribution in [0.4, 0.5) is 5.69 Å². The second-order valence-electron chi connectivity index (χ2n) is 7.07. The van der Waals surface area contributed by atoms with Gasteiger partial charge in [0.2, 0.25) is 15.9 Å². The van der Waals surface area contributed by atoms with Crippen LogP contribution in [0.3, 0.4) is 0 Å². The molecule has 2 rings (SSSR count). The standard InChI is InChI=1S/C21H28N2O3S/c1-16-13-17(2)21(18(3)14-16)23(27(5,25)26)12-11-20(24)22(4)15-19-9-7-6-8-10-19/h6-10,13-14H,11-12,15H2,1-5H3. The predicted molar refractivity (Wildman–Crippen MR) is 110 cm³/mol. The first-order valence-corrected chi connectivity index (χ1v) is 10.8. The summed E-state index contributed by atoms with van der Waals surface area (Å²) in [5.41, 5.74) is 4.58. The van der Waals surface area contributed by atoms with Crippen LogP contribution in [-0.4, -0.2) is 39.1 Å². The van der Waals surface area contributed by atoms with E-state index >= 15 is 0 Å². The molecule has 146 valence electrons. The summed E-state index contributed by atoms with van der Waals surface area (Å²) < 4.78 is 26.1. The number of hydrogen-bond donors (Lipinski definition) is 0. The number of benzene rings is 2. The van der Waals surface area contributed by atoms with E-state index in [2.05, 4.69) is 0 Å². The monoisotopic (exact) mass is 388 g/mol. The lowest BCUT2D eigenvalue weighted by Crippen LogP contribution is -2.36. The van der Waals surface area contributed by atoms with Crippen LogP contribution in [0.5, 0.6) is 0 Å². The molecule has 0 heterocycles. The Hall–Kier alpha value is -2.34. The maximum absolute atomic E-state index is 12.5. The van der Waals surface area contributed by atoms with Crippen molar-refractivity contribution in [1.82, 2.24) is 4.90 Å². The quantitative estimate of drug-likeness (QED) is 0.730. The fourth-order valence-corrected chi connectivity index (χ4v) is 4.39. The van der Waals surface area contributed by atoms with Gasteiger partial charge in [-0.1, -0.05) is 48.0 Å². The van der Waals surface area contributed by atoms with Crippen LogP contribution in [0.2, 0.25) is 0 Å². The summed E-state index contributed by atoms with van der Waals surface area (Å²) in [6.07, 6.45) is 1.31. The molecule has 0 aliphatic rings. The second kappa shape index (κ2) is 8.57. The minimum atomic E-state index is -3.49. The summed E-state index contributed by atoms with van der Waals surface area (Å²) in [6, 6.07) is 13.6. The molecule has 0 atom stereocenters. The van der Waals surface area contributed by atoms with Crippen molar-refractivity contribution in [3.05, 3.63) is 64.7 Å². The molecular weight excluding hydrogens is 360 g/mol. The van der Waals surface area contributed by atoms with E-state index in [1.54, 1.807) is 11.9 Å². The molecule has 0 saturated carbocycles. The molecule has 1 amide bonds. The van der Waals surface area contributed by atoms with Gasteiger partial charge < -0.3 is 4.90 Å². The van der Waals surface area contributed by atoms with Crippen LogP contribution in [0.25, 0.3) is 0 Å². The van der Waals surface area contributed by atoms with Crippen molar-refractivity contribution in [1.29, 1.82) is 0 Å². The Balaban J connectivity index is 2.15. The number of carbonyl (C=O) groups is 1. The van der Waals surface area contributed by atoms with Gasteiger partial charge in [0.25, 0.3) is 0 Å². The molecule has 2 aromatic rings. The van der Waals surface area contributed by atoms with E-state index in [0.29, 0.717) is 12.2 Å². The topological polar surface area (TPSA) is 57.7 Å². The van der Waals surface area contributed by atoms with E-state index in [1.165, 1.54) is 10.6 Å². The van der Waals surface area contributed by atoms with E-state index in [4.69, 9.17) is 0 Å². The maximum atomic E-state index is 12.5. The van der Waals surface area contributed by atoms with Gasteiger partial charge in [0.05, 0.1) is 11.9 Å². The van der Waals surface area contributed by atoms with Gasteiger partial charge in [0.1, 0.15) is 0 Å². The Labute approximate surface area is 162 Å². The highest BCUT2D eigenvalue weighted by atomic mass is 32.2. The number of nitrogens with zero attached hydrogens (tertiary/aromatic N) is 2. The molecule has 0 radical (unpaired) electrons. The molecule has 5 nitrogen and oxygen atoms in total. The van der Waals surface area contributed by atoms with Crippen LogP contribution in [-0.2, 0) is 21.4 Å². The number of sulfonamides is 1. The zero-order valence-electron chi connectivity index (χ0n) is 16.7. The minimum Gasteiger partial charge on any atom is -0.341 e. The molecule has 0 saturated heterocycles. The number of anilines is 1. The van der Waals surface area contributed by atoms with Crippen molar-refractivity contribution in [3.63, 3.8) is 0 Å². The highest BCUT2D eigenvalue weighted by Gasteiger charge is 2.23. The van der Waals surface area contributed by atoms with E-state index in [0.717, 1.165) is 22.3 Å². The third kappa shape index (κ3) is 5.57. The smallest absolute Gasteiger partial charge is 0.232 e. The van der Waals surface area contributed by atoms with Gasteiger partial charge >= 0.3 is 0 Å². The van der Waals surface area contributed by atoms with Gasteiger partial charge in [0, 0.05) is 26.6 Å². The minimum absolute atomic E-state index is 0.0880. The van der Waals surface area contributed by atoms with Crippen molar-refractivity contribution < 1.29 is 13.2 Å². The SMILES string of the molecule is Cc1cc(C)c(N(CCC(=O)N(C)Cc2ccccc2)S(C)(=O)=O)c(C)c1. The molecule has 0 unspecified atom stereocenters. The van der Waals surface area contributed by atoms with Crippen LogP contribution in [0, 0.1) is 20.8 Å². The Morgan fingerprint density at radius 3 is 2.07 bits per heavy atom. The van der Waals surface area contributed by atoms with Crippen LogP contribution < -0.4 is 4.31 Å². The van der Waals surface area contributed by atoms with Gasteiger partial charge in [-0.05, 0) is 37.5 Å². The first-order valence-electron chi connectivity index (χ1n) is 8.93. The number of aryl methyl sites for hydroxylation is 3. The van der Waals surface area contributed by atoms with Crippen molar-refractivity contribution in [2.75, 3.05) is 24.2 Å². The highest BCUT2D eigenvalue weighted by molar-refractivity contribution is 7.92. The zero-order valence-corrected chi connectivity index (χ0v) is 17.5. The lowest BCUT2D eigenvalue weighted by atomic mass is 10.0. The molecule has 0 aliphatic heterocycles. The summed E-state index contributed by atoms with van der Waals surface area (Å²) in [5.74, 6) is -0.0880. The van der Waals surface area contributed by atoms with Crippen molar-refractivity contribution in [3.8, 4) is 0 Å². The first kappa shape index (κ1) is 21.0. The summed E-state index contributed by atoms with van der Waals surface area (Å²) in [6.45, 7) is 6.41. The summed E-state index contributed by atoms with van der Waals surface area (Å²) >= 11 is 0. The Morgan fingerprint density at radius 1 is 1.00 bits per heavy atom. The van der Waals surface area contributed by atoms with Crippen LogP contribution >= 0.6 is 0 Å². The maximum Gasteiger partial charge on any atom is 0.232 e. The van der Waals surface area contributed by atoms with E-state index in [-0.39, 0.29) is 18.9 Å². The van der Waals surface area contributed by atoms with Crippen molar-refractivity contribution in [2.24, 2.45) is 0 Å². The van der Waals surface area contributed by atoms with E-state index in [9.17, 15) is 13.2 Å². The Kier molecular flexibility index (Phi) is 6.65. The lowest BCUT2D eigenvalue weighted by molar-refractivity contribution is -0.130. The van der Waals surface area contributed by atoms with Gasteiger partial charge in [0.15, 0.2) is 0 Å². The average molecular weight is 389 g/mol. The fourth-order valence-electron chi connectivity index (χ4n) is 3.34. The predicted octanol–water partition coefficient (Wildman–Crippen LogP) is 3.43. The third-order valence-corrected chi connectivity index (χ3v) is 5.67. The van der Waals surface area contributed by atoms with Crippen LogP contribution in [0.1, 0.15) is 28.7 Å².